The third-order valence-electron chi connectivity index (χ3n) is 4.21. The molecule has 0 saturated carbocycles. The zero-order chi connectivity index (χ0) is 19.9. The third kappa shape index (κ3) is 5.54. The van der Waals surface area contributed by atoms with Crippen molar-refractivity contribution in [2.45, 2.75) is 33.9 Å². The number of benzene rings is 2. The molecule has 0 fully saturated rings. The van der Waals surface area contributed by atoms with Crippen LogP contribution in [0.3, 0.4) is 0 Å². The molecule has 0 spiro atoms. The molecule has 6 nitrogen and oxygen atoms in total. The number of amides is 1. The molecular weight excluding hydrogens is 352 g/mol. The van der Waals surface area contributed by atoms with Crippen molar-refractivity contribution < 1.29 is 9.53 Å². The van der Waals surface area contributed by atoms with Gasteiger partial charge in [0.25, 0.3) is 5.91 Å². The highest BCUT2D eigenvalue weighted by atomic mass is 16.5. The monoisotopic (exact) mass is 376 g/mol. The van der Waals surface area contributed by atoms with Crippen LogP contribution in [-0.4, -0.2) is 21.9 Å². The highest BCUT2D eigenvalue weighted by molar-refractivity contribution is 5.82. The number of ether oxygens (including phenoxy) is 1. The molecular formula is C22H24N4O2. The molecule has 3 rings (SSSR count). The first kappa shape index (κ1) is 19.4. The van der Waals surface area contributed by atoms with Gasteiger partial charge in [-0.25, -0.2) is 5.43 Å². The molecule has 0 aliphatic carbocycles. The van der Waals surface area contributed by atoms with Crippen molar-refractivity contribution >= 4 is 12.1 Å². The van der Waals surface area contributed by atoms with Gasteiger partial charge in [0.2, 0.25) is 0 Å². The topological polar surface area (TPSA) is 68.5 Å². The fraction of sp³-hybridized carbons (Fsp3) is 0.227. The summed E-state index contributed by atoms with van der Waals surface area (Å²) in [6.07, 6.45) is 1.60. The fourth-order valence-electron chi connectivity index (χ4n) is 2.69. The van der Waals surface area contributed by atoms with Crippen LogP contribution in [0, 0.1) is 20.8 Å². The second-order valence-electron chi connectivity index (χ2n) is 6.72. The van der Waals surface area contributed by atoms with Gasteiger partial charge in [-0.1, -0.05) is 29.8 Å². The Morgan fingerprint density at radius 1 is 1.11 bits per heavy atom. The number of carbonyl (C=O) groups is 1. The van der Waals surface area contributed by atoms with Crippen LogP contribution in [0.15, 0.2) is 59.7 Å². The summed E-state index contributed by atoms with van der Waals surface area (Å²) >= 11 is 0. The van der Waals surface area contributed by atoms with Gasteiger partial charge in [0.1, 0.15) is 18.9 Å². The Morgan fingerprint density at radius 2 is 1.82 bits per heavy atom. The first-order chi connectivity index (χ1) is 13.5. The summed E-state index contributed by atoms with van der Waals surface area (Å²) in [7, 11) is 0. The number of hydrazone groups is 1. The number of aromatic nitrogens is 2. The molecule has 0 radical (unpaired) electrons. The maximum Gasteiger partial charge on any atom is 0.261 e. The van der Waals surface area contributed by atoms with Crippen molar-refractivity contribution in [1.29, 1.82) is 0 Å². The highest BCUT2D eigenvalue weighted by Gasteiger charge is 2.05. The average Bonchev–Trinajstić information content (AvgIpc) is 2.99. The molecule has 0 saturated heterocycles. The Hall–Kier alpha value is -3.41. The smallest absolute Gasteiger partial charge is 0.261 e. The van der Waals surface area contributed by atoms with E-state index < -0.39 is 0 Å². The van der Waals surface area contributed by atoms with Crippen LogP contribution in [0.1, 0.15) is 28.1 Å². The minimum atomic E-state index is -0.222. The SMILES string of the molecule is Cc1ccc(COc2ccc(/C=N/NC(=O)Cn3nc(C)cc3C)cc2)cc1. The number of nitrogens with one attached hydrogen (secondary N) is 1. The third-order valence-corrected chi connectivity index (χ3v) is 4.21. The molecule has 1 amide bonds. The van der Waals surface area contributed by atoms with Gasteiger partial charge in [0.15, 0.2) is 0 Å². The van der Waals surface area contributed by atoms with Crippen LogP contribution >= 0.6 is 0 Å². The number of hydrogen-bond donors (Lipinski definition) is 1. The van der Waals surface area contributed by atoms with Gasteiger partial charge in [0.05, 0.1) is 11.9 Å². The van der Waals surface area contributed by atoms with Crippen LogP contribution < -0.4 is 10.2 Å². The predicted molar refractivity (Wildman–Crippen MR) is 109 cm³/mol. The first-order valence-electron chi connectivity index (χ1n) is 9.11. The van der Waals surface area contributed by atoms with Crippen LogP contribution in [0.5, 0.6) is 5.75 Å². The lowest BCUT2D eigenvalue weighted by Crippen LogP contribution is -2.24. The van der Waals surface area contributed by atoms with E-state index in [4.69, 9.17) is 4.74 Å². The van der Waals surface area contributed by atoms with E-state index in [2.05, 4.69) is 46.8 Å². The molecule has 2 aromatic carbocycles. The van der Waals surface area contributed by atoms with Crippen molar-refractivity contribution in [3.63, 3.8) is 0 Å². The van der Waals surface area contributed by atoms with Gasteiger partial charge in [-0.3, -0.25) is 9.48 Å². The molecule has 0 aliphatic heterocycles. The van der Waals surface area contributed by atoms with Gasteiger partial charge < -0.3 is 4.74 Å². The normalized spacial score (nSPS) is 11.0. The summed E-state index contributed by atoms with van der Waals surface area (Å²) in [4.78, 5) is 12.0. The number of carbonyl (C=O) groups excluding carboxylic acids is 1. The van der Waals surface area contributed by atoms with Gasteiger partial charge in [-0.05, 0) is 62.2 Å². The number of aryl methyl sites for hydroxylation is 3. The summed E-state index contributed by atoms with van der Waals surface area (Å²) < 4.78 is 7.44. The fourth-order valence-corrected chi connectivity index (χ4v) is 2.69. The van der Waals surface area contributed by atoms with Crippen molar-refractivity contribution in [2.24, 2.45) is 5.10 Å². The first-order valence-corrected chi connectivity index (χ1v) is 9.11. The van der Waals surface area contributed by atoms with E-state index in [1.165, 1.54) is 5.56 Å². The summed E-state index contributed by atoms with van der Waals surface area (Å²) in [6, 6.07) is 17.7. The summed E-state index contributed by atoms with van der Waals surface area (Å²) in [5.41, 5.74) is 7.58. The molecule has 6 heteroatoms. The van der Waals surface area contributed by atoms with Gasteiger partial charge in [-0.2, -0.15) is 10.2 Å². The van der Waals surface area contributed by atoms with Crippen molar-refractivity contribution in [2.75, 3.05) is 0 Å². The predicted octanol–water partition coefficient (Wildman–Crippen LogP) is 3.54. The highest BCUT2D eigenvalue weighted by Crippen LogP contribution is 2.14. The molecule has 0 unspecified atom stereocenters. The van der Waals surface area contributed by atoms with E-state index in [1.54, 1.807) is 10.9 Å². The van der Waals surface area contributed by atoms with Crippen LogP contribution in [0.2, 0.25) is 0 Å². The lowest BCUT2D eigenvalue weighted by molar-refractivity contribution is -0.121. The minimum Gasteiger partial charge on any atom is -0.489 e. The molecule has 1 aromatic heterocycles. The molecule has 144 valence electrons. The summed E-state index contributed by atoms with van der Waals surface area (Å²) in [5.74, 6) is 0.562. The maximum absolute atomic E-state index is 12.0. The zero-order valence-corrected chi connectivity index (χ0v) is 16.3. The van der Waals surface area contributed by atoms with E-state index in [1.807, 2.05) is 44.2 Å². The van der Waals surface area contributed by atoms with Crippen LogP contribution in [-0.2, 0) is 17.9 Å². The van der Waals surface area contributed by atoms with Crippen molar-refractivity contribution in [3.8, 4) is 5.75 Å². The average molecular weight is 376 g/mol. The lowest BCUT2D eigenvalue weighted by atomic mass is 10.2. The molecule has 0 aliphatic rings. The Balaban J connectivity index is 1.47. The van der Waals surface area contributed by atoms with Crippen molar-refractivity contribution in [3.05, 3.63) is 82.7 Å². The van der Waals surface area contributed by atoms with E-state index in [0.717, 1.165) is 28.3 Å². The minimum absolute atomic E-state index is 0.142. The molecule has 28 heavy (non-hydrogen) atoms. The molecule has 0 atom stereocenters. The van der Waals surface area contributed by atoms with Crippen LogP contribution in [0.25, 0.3) is 0 Å². The summed E-state index contributed by atoms with van der Waals surface area (Å²) in [5, 5.41) is 8.26. The second-order valence-corrected chi connectivity index (χ2v) is 6.72. The molecule has 1 N–H and O–H groups in total. The van der Waals surface area contributed by atoms with E-state index in [9.17, 15) is 4.79 Å². The number of rotatable bonds is 7. The number of hydrogen-bond acceptors (Lipinski definition) is 4. The standard InChI is InChI=1S/C22H24N4O2/c1-16-4-6-20(7-5-16)15-28-21-10-8-19(9-11-21)13-23-24-22(27)14-26-18(3)12-17(2)25-26/h4-13H,14-15H2,1-3H3,(H,24,27)/b23-13+. The van der Waals surface area contributed by atoms with Gasteiger partial charge in [0, 0.05) is 5.69 Å². The quantitative estimate of drug-likeness (QED) is 0.507. The molecule has 1 heterocycles. The number of nitrogens with zero attached hydrogens (tertiary/aromatic N) is 3. The summed E-state index contributed by atoms with van der Waals surface area (Å²) in [6.45, 7) is 6.54. The second kappa shape index (κ2) is 8.99. The Kier molecular flexibility index (Phi) is 6.22. The Morgan fingerprint density at radius 3 is 2.46 bits per heavy atom. The maximum atomic E-state index is 12.0. The zero-order valence-electron chi connectivity index (χ0n) is 16.3. The van der Waals surface area contributed by atoms with E-state index in [-0.39, 0.29) is 12.5 Å². The molecule has 0 bridgehead atoms. The Labute approximate surface area is 164 Å². The van der Waals surface area contributed by atoms with Gasteiger partial charge >= 0.3 is 0 Å². The lowest BCUT2D eigenvalue weighted by Gasteiger charge is -2.07. The van der Waals surface area contributed by atoms with Gasteiger partial charge in [-0.15, -0.1) is 0 Å². The van der Waals surface area contributed by atoms with Crippen molar-refractivity contribution in [1.82, 2.24) is 15.2 Å². The van der Waals surface area contributed by atoms with E-state index >= 15 is 0 Å². The Bertz CT molecular complexity index is 957. The van der Waals surface area contributed by atoms with E-state index in [0.29, 0.717) is 6.61 Å². The van der Waals surface area contributed by atoms with Crippen LogP contribution in [0.4, 0.5) is 0 Å². The molecule has 3 aromatic rings. The largest absolute Gasteiger partial charge is 0.489 e.